The molecule has 0 aliphatic heterocycles. The van der Waals surface area contributed by atoms with Crippen molar-refractivity contribution in [3.8, 4) is 5.75 Å². The van der Waals surface area contributed by atoms with E-state index in [0.717, 1.165) is 18.4 Å². The van der Waals surface area contributed by atoms with Gasteiger partial charge in [-0.3, -0.25) is 0 Å². The van der Waals surface area contributed by atoms with Crippen LogP contribution < -0.4 is 10.5 Å². The number of sulfone groups is 1. The summed E-state index contributed by atoms with van der Waals surface area (Å²) >= 11 is 0. The highest BCUT2D eigenvalue weighted by atomic mass is 32.2. The number of benzene rings is 1. The number of ether oxygens (including phenoxy) is 1. The fraction of sp³-hybridized carbons (Fsp3) is 0.500. The summed E-state index contributed by atoms with van der Waals surface area (Å²) in [5.41, 5.74) is 6.80. The minimum atomic E-state index is -3.30. The Balaban J connectivity index is 3.23. The molecule has 0 bridgehead atoms. The SMILES string of the molecule is CCC[C@@H](N)c1ccc(OC)c(S(C)(=O)=O)c1. The maximum Gasteiger partial charge on any atom is 0.179 e. The summed E-state index contributed by atoms with van der Waals surface area (Å²) in [6.45, 7) is 2.04. The van der Waals surface area contributed by atoms with Crippen molar-refractivity contribution in [2.45, 2.75) is 30.7 Å². The summed E-state index contributed by atoms with van der Waals surface area (Å²) < 4.78 is 28.3. The van der Waals surface area contributed by atoms with E-state index in [1.165, 1.54) is 13.4 Å². The molecule has 2 N–H and O–H groups in total. The van der Waals surface area contributed by atoms with Gasteiger partial charge in [-0.15, -0.1) is 0 Å². The van der Waals surface area contributed by atoms with Gasteiger partial charge in [0.15, 0.2) is 9.84 Å². The molecule has 1 aromatic rings. The van der Waals surface area contributed by atoms with Crippen LogP contribution in [-0.2, 0) is 9.84 Å². The van der Waals surface area contributed by atoms with Crippen molar-refractivity contribution in [1.29, 1.82) is 0 Å². The lowest BCUT2D eigenvalue weighted by molar-refractivity contribution is 0.402. The van der Waals surface area contributed by atoms with E-state index in [0.29, 0.717) is 5.75 Å². The molecule has 1 rings (SSSR count). The van der Waals surface area contributed by atoms with Gasteiger partial charge in [0, 0.05) is 12.3 Å². The van der Waals surface area contributed by atoms with Gasteiger partial charge in [-0.25, -0.2) is 8.42 Å². The first-order valence-electron chi connectivity index (χ1n) is 5.53. The molecule has 0 saturated heterocycles. The quantitative estimate of drug-likeness (QED) is 0.874. The predicted octanol–water partition coefficient (Wildman–Crippen LogP) is 1.90. The number of methoxy groups -OCH3 is 1. The van der Waals surface area contributed by atoms with Crippen LogP contribution >= 0.6 is 0 Å². The Bertz CT molecular complexity index is 483. The molecule has 1 aromatic carbocycles. The Labute approximate surface area is 103 Å². The molecule has 0 aliphatic carbocycles. The van der Waals surface area contributed by atoms with Crippen LogP contribution in [0.1, 0.15) is 31.4 Å². The van der Waals surface area contributed by atoms with Crippen LogP contribution in [0, 0.1) is 0 Å². The zero-order valence-corrected chi connectivity index (χ0v) is 11.3. The van der Waals surface area contributed by atoms with Crippen LogP contribution in [0.3, 0.4) is 0 Å². The number of hydrogen-bond acceptors (Lipinski definition) is 4. The smallest absolute Gasteiger partial charge is 0.179 e. The van der Waals surface area contributed by atoms with Crippen molar-refractivity contribution < 1.29 is 13.2 Å². The molecule has 0 heterocycles. The molecule has 4 nitrogen and oxygen atoms in total. The first kappa shape index (κ1) is 14.0. The van der Waals surface area contributed by atoms with Gasteiger partial charge < -0.3 is 10.5 Å². The second kappa shape index (κ2) is 5.51. The molecular weight excluding hydrogens is 238 g/mol. The minimum absolute atomic E-state index is 0.133. The van der Waals surface area contributed by atoms with E-state index < -0.39 is 9.84 Å². The summed E-state index contributed by atoms with van der Waals surface area (Å²) in [7, 11) is -1.84. The fourth-order valence-electron chi connectivity index (χ4n) is 1.69. The van der Waals surface area contributed by atoms with E-state index in [4.69, 9.17) is 10.5 Å². The number of rotatable bonds is 5. The standard InChI is InChI=1S/C12H19NO3S/c1-4-5-10(13)9-6-7-11(16-2)12(8-9)17(3,14)15/h6-8,10H,4-5,13H2,1-3H3/t10-/m1/s1. The molecule has 0 fully saturated rings. The summed E-state index contributed by atoms with van der Waals surface area (Å²) in [6, 6.07) is 4.94. The van der Waals surface area contributed by atoms with Gasteiger partial charge in [0.2, 0.25) is 0 Å². The van der Waals surface area contributed by atoms with Gasteiger partial charge in [-0.05, 0) is 24.1 Å². The first-order chi connectivity index (χ1) is 7.90. The molecule has 0 aromatic heterocycles. The normalized spacial score (nSPS) is 13.4. The zero-order valence-electron chi connectivity index (χ0n) is 10.4. The number of hydrogen-bond donors (Lipinski definition) is 1. The minimum Gasteiger partial charge on any atom is -0.495 e. The van der Waals surface area contributed by atoms with E-state index in [1.807, 2.05) is 13.0 Å². The van der Waals surface area contributed by atoms with Crippen LogP contribution in [0.25, 0.3) is 0 Å². The van der Waals surface area contributed by atoms with Gasteiger partial charge in [0.05, 0.1) is 7.11 Å². The Morgan fingerprint density at radius 2 is 2.06 bits per heavy atom. The van der Waals surface area contributed by atoms with E-state index in [9.17, 15) is 8.42 Å². The van der Waals surface area contributed by atoms with Crippen LogP contribution in [0.4, 0.5) is 0 Å². The monoisotopic (exact) mass is 257 g/mol. The maximum absolute atomic E-state index is 11.6. The summed E-state index contributed by atoms with van der Waals surface area (Å²) in [5.74, 6) is 0.361. The molecule has 17 heavy (non-hydrogen) atoms. The van der Waals surface area contributed by atoms with Gasteiger partial charge in [0.25, 0.3) is 0 Å². The molecule has 0 unspecified atom stereocenters. The highest BCUT2D eigenvalue weighted by Gasteiger charge is 2.16. The molecular formula is C12H19NO3S. The summed E-state index contributed by atoms with van der Waals surface area (Å²) in [5, 5.41) is 0. The van der Waals surface area contributed by atoms with Crippen molar-refractivity contribution in [1.82, 2.24) is 0 Å². The molecule has 0 amide bonds. The van der Waals surface area contributed by atoms with Crippen LogP contribution in [0.5, 0.6) is 5.75 Å². The molecule has 0 spiro atoms. The number of nitrogens with two attached hydrogens (primary N) is 1. The molecule has 96 valence electrons. The Morgan fingerprint density at radius 3 is 2.53 bits per heavy atom. The average molecular weight is 257 g/mol. The van der Waals surface area contributed by atoms with Gasteiger partial charge >= 0.3 is 0 Å². The molecule has 0 saturated carbocycles. The Hall–Kier alpha value is -1.07. The van der Waals surface area contributed by atoms with Crippen molar-refractivity contribution in [2.24, 2.45) is 5.73 Å². The van der Waals surface area contributed by atoms with Crippen LogP contribution in [0.15, 0.2) is 23.1 Å². The predicted molar refractivity (Wildman–Crippen MR) is 67.9 cm³/mol. The van der Waals surface area contributed by atoms with E-state index >= 15 is 0 Å². The van der Waals surface area contributed by atoms with Gasteiger partial charge in [-0.2, -0.15) is 0 Å². The Kier molecular flexibility index (Phi) is 4.54. The third-order valence-corrected chi connectivity index (χ3v) is 3.73. The molecule has 5 heteroatoms. The molecule has 0 radical (unpaired) electrons. The first-order valence-corrected chi connectivity index (χ1v) is 7.42. The largest absolute Gasteiger partial charge is 0.495 e. The van der Waals surface area contributed by atoms with E-state index in [-0.39, 0.29) is 10.9 Å². The van der Waals surface area contributed by atoms with Crippen molar-refractivity contribution >= 4 is 9.84 Å². The molecule has 1 atom stereocenters. The van der Waals surface area contributed by atoms with Crippen molar-refractivity contribution in [3.05, 3.63) is 23.8 Å². The summed E-state index contributed by atoms with van der Waals surface area (Å²) in [4.78, 5) is 0.198. The van der Waals surface area contributed by atoms with Crippen LogP contribution in [0.2, 0.25) is 0 Å². The topological polar surface area (TPSA) is 69.4 Å². The van der Waals surface area contributed by atoms with E-state index in [1.54, 1.807) is 12.1 Å². The van der Waals surface area contributed by atoms with Crippen molar-refractivity contribution in [3.63, 3.8) is 0 Å². The lowest BCUT2D eigenvalue weighted by Gasteiger charge is -2.14. The lowest BCUT2D eigenvalue weighted by Crippen LogP contribution is -2.11. The highest BCUT2D eigenvalue weighted by molar-refractivity contribution is 7.90. The summed E-state index contributed by atoms with van der Waals surface area (Å²) in [6.07, 6.45) is 2.96. The Morgan fingerprint density at radius 1 is 1.41 bits per heavy atom. The molecule has 0 aliphatic rings. The maximum atomic E-state index is 11.6. The lowest BCUT2D eigenvalue weighted by atomic mass is 10.0. The van der Waals surface area contributed by atoms with Crippen LogP contribution in [-0.4, -0.2) is 21.8 Å². The fourth-order valence-corrected chi connectivity index (χ4v) is 2.56. The van der Waals surface area contributed by atoms with E-state index in [2.05, 4.69) is 0 Å². The second-order valence-electron chi connectivity index (χ2n) is 4.08. The second-order valence-corrected chi connectivity index (χ2v) is 6.06. The van der Waals surface area contributed by atoms with Gasteiger partial charge in [-0.1, -0.05) is 19.4 Å². The third kappa shape index (κ3) is 3.44. The average Bonchev–Trinajstić information content (AvgIpc) is 2.27. The van der Waals surface area contributed by atoms with Gasteiger partial charge in [0.1, 0.15) is 10.6 Å². The zero-order chi connectivity index (χ0) is 13.1. The van der Waals surface area contributed by atoms with Crippen molar-refractivity contribution in [2.75, 3.05) is 13.4 Å². The third-order valence-electron chi connectivity index (χ3n) is 2.61. The highest BCUT2D eigenvalue weighted by Crippen LogP contribution is 2.27.